The molecule has 2 unspecified atom stereocenters. The molecule has 0 spiro atoms. The van der Waals surface area contributed by atoms with Crippen LogP contribution in [0.3, 0.4) is 0 Å². The van der Waals surface area contributed by atoms with Crippen molar-refractivity contribution in [2.24, 2.45) is 16.7 Å². The minimum atomic E-state index is -4.05. The molecule has 0 aliphatic heterocycles. The van der Waals surface area contributed by atoms with Crippen LogP contribution in [-0.4, -0.2) is 29.3 Å². The minimum Gasteiger partial charge on any atom is -0.298 e. The van der Waals surface area contributed by atoms with Crippen molar-refractivity contribution in [3.63, 3.8) is 0 Å². The Bertz CT molecular complexity index is 446. The van der Waals surface area contributed by atoms with E-state index in [-0.39, 0.29) is 22.3 Å². The third-order valence-corrected chi connectivity index (χ3v) is 6.68. The Kier molecular flexibility index (Phi) is 2.58. The Hall–Kier alpha value is 0.0600. The number of ketones is 1. The largest absolute Gasteiger partial charge is 0.298 e. The van der Waals surface area contributed by atoms with Gasteiger partial charge in [-0.2, -0.15) is 8.42 Å². The molecule has 0 amide bonds. The third kappa shape index (κ3) is 1.42. The first kappa shape index (κ1) is 12.5. The Morgan fingerprint density at radius 2 is 2.06 bits per heavy atom. The molecular formula is C10H15BrO4S. The molecule has 0 aromatic heterocycles. The molecule has 0 aromatic carbocycles. The average molecular weight is 311 g/mol. The molecule has 0 heterocycles. The van der Waals surface area contributed by atoms with Gasteiger partial charge in [-0.05, 0) is 18.8 Å². The predicted molar refractivity (Wildman–Crippen MR) is 63.1 cm³/mol. The summed E-state index contributed by atoms with van der Waals surface area (Å²) in [6.07, 6.45) is 1.55. The summed E-state index contributed by atoms with van der Waals surface area (Å²) in [5.41, 5.74) is -1.27. The second-order valence-corrected chi connectivity index (χ2v) is 7.83. The lowest BCUT2D eigenvalue weighted by Gasteiger charge is -2.35. The van der Waals surface area contributed by atoms with Gasteiger partial charge >= 0.3 is 0 Å². The molecule has 4 atom stereocenters. The third-order valence-electron chi connectivity index (χ3n) is 4.66. The predicted octanol–water partition coefficient (Wildman–Crippen LogP) is 1.64. The van der Waals surface area contributed by atoms with Crippen LogP contribution >= 0.6 is 15.9 Å². The van der Waals surface area contributed by atoms with E-state index in [1.807, 2.05) is 6.92 Å². The van der Waals surface area contributed by atoms with Crippen LogP contribution in [-0.2, 0) is 14.9 Å². The molecule has 2 rings (SSSR count). The first-order valence-corrected chi connectivity index (χ1v) is 7.78. The molecular weight excluding hydrogens is 296 g/mol. The summed E-state index contributed by atoms with van der Waals surface area (Å²) in [4.78, 5) is 11.8. The number of carbonyl (C=O) groups is 1. The van der Waals surface area contributed by atoms with Crippen molar-refractivity contribution < 1.29 is 17.8 Å². The first-order chi connectivity index (χ1) is 7.12. The van der Waals surface area contributed by atoms with Crippen molar-refractivity contribution in [3.8, 4) is 0 Å². The lowest BCUT2D eigenvalue weighted by Crippen LogP contribution is -2.40. The minimum absolute atomic E-state index is 0.00641. The Morgan fingerprint density at radius 3 is 2.44 bits per heavy atom. The van der Waals surface area contributed by atoms with Crippen LogP contribution in [0.5, 0.6) is 0 Å². The van der Waals surface area contributed by atoms with Gasteiger partial charge in [-0.1, -0.05) is 29.8 Å². The fourth-order valence-corrected chi connectivity index (χ4v) is 6.11. The zero-order valence-electron chi connectivity index (χ0n) is 9.23. The molecule has 2 aliphatic carbocycles. The van der Waals surface area contributed by atoms with Crippen LogP contribution in [0.4, 0.5) is 0 Å². The summed E-state index contributed by atoms with van der Waals surface area (Å²) in [6.45, 7) is 3.62. The van der Waals surface area contributed by atoms with Gasteiger partial charge in [0.2, 0.25) is 0 Å². The Balaban J connectivity index is 2.47. The summed E-state index contributed by atoms with van der Waals surface area (Å²) in [7, 11) is -4.05. The van der Waals surface area contributed by atoms with E-state index in [4.69, 9.17) is 4.55 Å². The fraction of sp³-hybridized carbons (Fsp3) is 0.900. The van der Waals surface area contributed by atoms with Crippen molar-refractivity contribution in [2.75, 3.05) is 5.75 Å². The molecule has 0 aromatic rings. The molecule has 16 heavy (non-hydrogen) atoms. The van der Waals surface area contributed by atoms with E-state index in [0.29, 0.717) is 6.42 Å². The van der Waals surface area contributed by atoms with E-state index < -0.39 is 20.9 Å². The van der Waals surface area contributed by atoms with Crippen molar-refractivity contribution in [2.45, 2.75) is 31.5 Å². The monoisotopic (exact) mass is 310 g/mol. The van der Waals surface area contributed by atoms with E-state index in [0.717, 1.165) is 6.42 Å². The van der Waals surface area contributed by atoms with E-state index in [1.54, 1.807) is 6.92 Å². The van der Waals surface area contributed by atoms with Gasteiger partial charge in [-0.25, -0.2) is 0 Å². The van der Waals surface area contributed by atoms with Crippen LogP contribution in [0.2, 0.25) is 0 Å². The van der Waals surface area contributed by atoms with E-state index >= 15 is 0 Å². The molecule has 2 bridgehead atoms. The molecule has 1 N–H and O–H groups in total. The van der Waals surface area contributed by atoms with Crippen molar-refractivity contribution in [1.29, 1.82) is 0 Å². The standard InChI is InChI=1S/C10H15BrO4S/c1-9-4-3-6(7(11)8(9)12)10(9,2)5-16(13,14)15/h6-7H,3-5H2,1-2H3,(H,13,14,15)/t6-,7?,9-,10?/m0/s1. The molecule has 2 fully saturated rings. The summed E-state index contributed by atoms with van der Waals surface area (Å²) in [5, 5.41) is 0. The first-order valence-electron chi connectivity index (χ1n) is 5.25. The number of hydrogen-bond donors (Lipinski definition) is 1. The fourth-order valence-electron chi connectivity index (χ4n) is 3.46. The molecule has 2 aliphatic rings. The van der Waals surface area contributed by atoms with Crippen LogP contribution in [0.25, 0.3) is 0 Å². The highest BCUT2D eigenvalue weighted by Gasteiger charge is 2.68. The second-order valence-electron chi connectivity index (χ2n) is 5.39. The van der Waals surface area contributed by atoms with Gasteiger partial charge in [-0.3, -0.25) is 9.35 Å². The van der Waals surface area contributed by atoms with Gasteiger partial charge in [0.1, 0.15) is 0 Å². The Labute approximate surface area is 104 Å². The highest BCUT2D eigenvalue weighted by molar-refractivity contribution is 9.10. The maximum Gasteiger partial charge on any atom is 0.265 e. The molecule has 0 radical (unpaired) electrons. The SMILES string of the molecule is CC1(CS(=O)(=O)O)[C@H]2CC[C@@]1(C)C(=O)C2Br. The van der Waals surface area contributed by atoms with Gasteiger partial charge < -0.3 is 0 Å². The van der Waals surface area contributed by atoms with Crippen molar-refractivity contribution in [3.05, 3.63) is 0 Å². The van der Waals surface area contributed by atoms with Crippen LogP contribution in [0.1, 0.15) is 26.7 Å². The van der Waals surface area contributed by atoms with Crippen molar-refractivity contribution in [1.82, 2.24) is 0 Å². The lowest BCUT2D eigenvalue weighted by atomic mass is 9.70. The lowest BCUT2D eigenvalue weighted by molar-refractivity contribution is -0.127. The normalized spacial score (nSPS) is 47.6. The molecule has 4 nitrogen and oxygen atoms in total. The molecule has 92 valence electrons. The van der Waals surface area contributed by atoms with Gasteiger partial charge in [0.25, 0.3) is 10.1 Å². The zero-order chi connectivity index (χ0) is 12.4. The number of fused-ring (bicyclic) bond motifs is 2. The number of alkyl halides is 1. The quantitative estimate of drug-likeness (QED) is 0.622. The smallest absolute Gasteiger partial charge is 0.265 e. The number of rotatable bonds is 2. The highest BCUT2D eigenvalue weighted by Crippen LogP contribution is 2.65. The van der Waals surface area contributed by atoms with E-state index in [1.165, 1.54) is 0 Å². The number of carbonyl (C=O) groups excluding carboxylic acids is 1. The van der Waals surface area contributed by atoms with Gasteiger partial charge in [0.05, 0.1) is 10.6 Å². The molecule has 0 saturated heterocycles. The van der Waals surface area contributed by atoms with Gasteiger partial charge in [0, 0.05) is 10.8 Å². The summed E-state index contributed by atoms with van der Waals surface area (Å²) < 4.78 is 31.2. The van der Waals surface area contributed by atoms with Crippen LogP contribution < -0.4 is 0 Å². The van der Waals surface area contributed by atoms with Crippen LogP contribution in [0, 0.1) is 16.7 Å². The maximum absolute atomic E-state index is 12.1. The Morgan fingerprint density at radius 1 is 1.50 bits per heavy atom. The van der Waals surface area contributed by atoms with Gasteiger partial charge in [0.15, 0.2) is 5.78 Å². The van der Waals surface area contributed by atoms with E-state index in [2.05, 4.69) is 15.9 Å². The average Bonchev–Trinajstić information content (AvgIpc) is 2.40. The van der Waals surface area contributed by atoms with E-state index in [9.17, 15) is 13.2 Å². The second kappa shape index (κ2) is 3.29. The number of hydrogen-bond acceptors (Lipinski definition) is 3. The molecule has 6 heteroatoms. The summed E-state index contributed by atoms with van der Waals surface area (Å²) in [6, 6.07) is 0. The topological polar surface area (TPSA) is 71.4 Å². The van der Waals surface area contributed by atoms with Crippen LogP contribution in [0.15, 0.2) is 0 Å². The zero-order valence-corrected chi connectivity index (χ0v) is 11.6. The summed E-state index contributed by atoms with van der Waals surface area (Å²) >= 11 is 3.35. The molecule has 2 saturated carbocycles. The number of Topliss-reactive ketones (excluding diaryl/α,β-unsaturated/α-hetero) is 1. The number of halogens is 1. The maximum atomic E-state index is 12.1. The highest BCUT2D eigenvalue weighted by atomic mass is 79.9. The van der Waals surface area contributed by atoms with Gasteiger partial charge in [-0.15, -0.1) is 0 Å². The van der Waals surface area contributed by atoms with Crippen molar-refractivity contribution >= 4 is 31.8 Å². The summed E-state index contributed by atoms with van der Waals surface area (Å²) in [5.74, 6) is -0.239.